The van der Waals surface area contributed by atoms with Crippen LogP contribution in [-0.4, -0.2) is 5.91 Å². The van der Waals surface area contributed by atoms with E-state index in [0.717, 1.165) is 29.8 Å². The fraction of sp³-hybridized carbons (Fsp3) is 0.450. The summed E-state index contributed by atoms with van der Waals surface area (Å²) >= 11 is 1.67. The molecule has 2 heterocycles. The minimum atomic E-state index is -0.514. The van der Waals surface area contributed by atoms with E-state index in [-0.39, 0.29) is 17.1 Å². The van der Waals surface area contributed by atoms with E-state index >= 15 is 0 Å². The van der Waals surface area contributed by atoms with Gasteiger partial charge in [0.2, 0.25) is 0 Å². The summed E-state index contributed by atoms with van der Waals surface area (Å²) in [4.78, 5) is 14.0. The van der Waals surface area contributed by atoms with Gasteiger partial charge in [0.15, 0.2) is 0 Å². The molecular formula is C20H23FN2OS. The van der Waals surface area contributed by atoms with Crippen LogP contribution in [0.15, 0.2) is 24.3 Å². The van der Waals surface area contributed by atoms with Gasteiger partial charge in [-0.25, -0.2) is 4.39 Å². The molecule has 0 saturated carbocycles. The van der Waals surface area contributed by atoms with Gasteiger partial charge in [0.1, 0.15) is 17.0 Å². The molecule has 1 amide bonds. The molecule has 2 aromatic rings. The van der Waals surface area contributed by atoms with Crippen molar-refractivity contribution in [1.29, 1.82) is 0 Å². The van der Waals surface area contributed by atoms with Crippen molar-refractivity contribution in [3.8, 4) is 0 Å². The van der Waals surface area contributed by atoms with Crippen molar-refractivity contribution in [3.63, 3.8) is 0 Å². The Kier molecular flexibility index (Phi) is 3.87. The predicted molar refractivity (Wildman–Crippen MR) is 99.5 cm³/mol. The molecule has 2 aliphatic rings. The third kappa shape index (κ3) is 2.84. The van der Waals surface area contributed by atoms with E-state index in [4.69, 9.17) is 0 Å². The normalized spacial score (nSPS) is 22.6. The summed E-state index contributed by atoms with van der Waals surface area (Å²) in [5.41, 5.74) is 2.71. The number of halogens is 1. The fourth-order valence-electron chi connectivity index (χ4n) is 3.90. The first-order valence-electron chi connectivity index (χ1n) is 8.81. The number of thiophene rings is 1. The summed E-state index contributed by atoms with van der Waals surface area (Å²) in [5.74, 6) is 0.233. The molecule has 132 valence electrons. The molecule has 0 bridgehead atoms. The van der Waals surface area contributed by atoms with Gasteiger partial charge >= 0.3 is 0 Å². The lowest BCUT2D eigenvalue weighted by Gasteiger charge is -2.34. The summed E-state index contributed by atoms with van der Waals surface area (Å²) in [6.07, 6.45) is 2.57. The third-order valence-corrected chi connectivity index (χ3v) is 6.67. The van der Waals surface area contributed by atoms with Gasteiger partial charge in [0.05, 0.1) is 5.56 Å². The zero-order valence-corrected chi connectivity index (χ0v) is 15.6. The molecule has 25 heavy (non-hydrogen) atoms. The standard InChI is InChI=1S/C20H23FN2OS/c1-20(2,3)11-8-9-13-15(10-11)25-19-16(13)18(24)22-17(23-19)12-6-4-5-7-14(12)21/h4-7,11,17,23H,8-10H2,1-3H3,(H,22,24)/t11-,17-/m1/s1. The zero-order valence-electron chi connectivity index (χ0n) is 14.8. The van der Waals surface area contributed by atoms with E-state index in [1.165, 1.54) is 16.5 Å². The second-order valence-electron chi connectivity index (χ2n) is 8.09. The lowest BCUT2D eigenvalue weighted by atomic mass is 9.72. The zero-order chi connectivity index (χ0) is 17.8. The largest absolute Gasteiger partial charge is 0.353 e. The first-order chi connectivity index (χ1) is 11.8. The Hall–Kier alpha value is -1.88. The van der Waals surface area contributed by atoms with Crippen molar-refractivity contribution in [2.75, 3.05) is 5.32 Å². The van der Waals surface area contributed by atoms with E-state index in [2.05, 4.69) is 31.4 Å². The Morgan fingerprint density at radius 2 is 1.96 bits per heavy atom. The molecule has 0 radical (unpaired) electrons. The van der Waals surface area contributed by atoms with Crippen molar-refractivity contribution in [2.45, 2.75) is 46.2 Å². The number of hydrogen-bond donors (Lipinski definition) is 2. The minimum absolute atomic E-state index is 0.0892. The highest BCUT2D eigenvalue weighted by Gasteiger charge is 2.36. The fourth-order valence-corrected chi connectivity index (χ4v) is 5.26. The van der Waals surface area contributed by atoms with Crippen LogP contribution >= 0.6 is 11.3 Å². The number of fused-ring (bicyclic) bond motifs is 3. The van der Waals surface area contributed by atoms with E-state index in [9.17, 15) is 9.18 Å². The molecule has 1 aromatic carbocycles. The molecule has 2 atom stereocenters. The van der Waals surface area contributed by atoms with E-state index < -0.39 is 6.17 Å². The van der Waals surface area contributed by atoms with Gasteiger partial charge in [-0.1, -0.05) is 39.0 Å². The summed E-state index contributed by atoms with van der Waals surface area (Å²) in [6, 6.07) is 6.58. The molecule has 4 rings (SSSR count). The third-order valence-electron chi connectivity index (χ3n) is 5.48. The molecule has 0 saturated heterocycles. The van der Waals surface area contributed by atoms with Gasteiger partial charge in [-0.2, -0.15) is 0 Å². The van der Waals surface area contributed by atoms with Crippen LogP contribution in [0.25, 0.3) is 0 Å². The lowest BCUT2D eigenvalue weighted by molar-refractivity contribution is 0.0934. The van der Waals surface area contributed by atoms with Gasteiger partial charge in [0, 0.05) is 10.4 Å². The molecule has 1 aliphatic heterocycles. The van der Waals surface area contributed by atoms with Crippen LogP contribution in [0, 0.1) is 17.2 Å². The van der Waals surface area contributed by atoms with Crippen LogP contribution in [0.5, 0.6) is 0 Å². The maximum absolute atomic E-state index is 14.1. The number of anilines is 1. The Morgan fingerprint density at radius 1 is 1.20 bits per heavy atom. The average Bonchev–Trinajstić information content (AvgIpc) is 2.92. The smallest absolute Gasteiger partial charge is 0.256 e. The first kappa shape index (κ1) is 16.6. The molecular weight excluding hydrogens is 335 g/mol. The van der Waals surface area contributed by atoms with Crippen molar-refractivity contribution in [1.82, 2.24) is 5.32 Å². The number of carbonyl (C=O) groups is 1. The number of nitrogens with one attached hydrogen (secondary N) is 2. The van der Waals surface area contributed by atoms with Crippen LogP contribution in [0.1, 0.15) is 59.7 Å². The second kappa shape index (κ2) is 5.84. The highest BCUT2D eigenvalue weighted by atomic mass is 32.1. The molecule has 3 nitrogen and oxygen atoms in total. The maximum Gasteiger partial charge on any atom is 0.256 e. The van der Waals surface area contributed by atoms with Gasteiger partial charge < -0.3 is 10.6 Å². The maximum atomic E-state index is 14.1. The molecule has 1 aliphatic carbocycles. The molecule has 0 fully saturated rings. The Balaban J connectivity index is 1.67. The van der Waals surface area contributed by atoms with Gasteiger partial charge in [-0.05, 0) is 42.2 Å². The van der Waals surface area contributed by atoms with Crippen LogP contribution in [0.4, 0.5) is 9.39 Å². The van der Waals surface area contributed by atoms with Crippen molar-refractivity contribution in [3.05, 3.63) is 51.7 Å². The van der Waals surface area contributed by atoms with E-state index in [0.29, 0.717) is 11.5 Å². The number of benzene rings is 1. The number of hydrogen-bond acceptors (Lipinski definition) is 3. The van der Waals surface area contributed by atoms with Crippen LogP contribution in [0.3, 0.4) is 0 Å². The number of amides is 1. The summed E-state index contributed by atoms with van der Waals surface area (Å²) in [5, 5.41) is 7.15. The first-order valence-corrected chi connectivity index (χ1v) is 9.62. The Labute approximate surface area is 151 Å². The summed E-state index contributed by atoms with van der Waals surface area (Å²) in [6.45, 7) is 6.86. The average molecular weight is 358 g/mol. The van der Waals surface area contributed by atoms with Crippen LogP contribution in [0.2, 0.25) is 0 Å². The van der Waals surface area contributed by atoms with E-state index in [1.54, 1.807) is 29.5 Å². The van der Waals surface area contributed by atoms with Crippen LogP contribution in [-0.2, 0) is 12.8 Å². The SMILES string of the molecule is CC(C)(C)[C@@H]1CCc2c(sc3c2C(=O)N[C@@H](c2ccccc2F)N3)C1. The highest BCUT2D eigenvalue weighted by Crippen LogP contribution is 2.46. The molecule has 0 spiro atoms. The van der Waals surface area contributed by atoms with Gasteiger partial charge in [-0.15, -0.1) is 11.3 Å². The number of carbonyl (C=O) groups excluding carboxylic acids is 1. The van der Waals surface area contributed by atoms with Crippen molar-refractivity contribution in [2.24, 2.45) is 11.3 Å². The molecule has 2 N–H and O–H groups in total. The Bertz CT molecular complexity index is 837. The molecule has 5 heteroatoms. The molecule has 1 aromatic heterocycles. The van der Waals surface area contributed by atoms with Gasteiger partial charge in [-0.3, -0.25) is 4.79 Å². The lowest BCUT2D eigenvalue weighted by Crippen LogP contribution is -2.38. The second-order valence-corrected chi connectivity index (χ2v) is 9.19. The van der Waals surface area contributed by atoms with Crippen LogP contribution < -0.4 is 10.6 Å². The van der Waals surface area contributed by atoms with Crippen molar-refractivity contribution >= 4 is 22.2 Å². The number of rotatable bonds is 1. The quantitative estimate of drug-likeness (QED) is 0.762. The minimum Gasteiger partial charge on any atom is -0.353 e. The Morgan fingerprint density at radius 3 is 2.68 bits per heavy atom. The summed E-state index contributed by atoms with van der Waals surface area (Å²) in [7, 11) is 0. The molecule has 0 unspecified atom stereocenters. The van der Waals surface area contributed by atoms with Crippen molar-refractivity contribution < 1.29 is 9.18 Å². The summed E-state index contributed by atoms with van der Waals surface area (Å²) < 4.78 is 14.1. The predicted octanol–water partition coefficient (Wildman–Crippen LogP) is 4.89. The monoisotopic (exact) mass is 358 g/mol. The van der Waals surface area contributed by atoms with E-state index in [1.807, 2.05) is 0 Å². The topological polar surface area (TPSA) is 41.1 Å². The van der Waals surface area contributed by atoms with Gasteiger partial charge in [0.25, 0.3) is 5.91 Å². The highest BCUT2D eigenvalue weighted by molar-refractivity contribution is 7.16.